The predicted octanol–water partition coefficient (Wildman–Crippen LogP) is 3.92. The molecule has 1 heterocycles. The number of benzene rings is 1. The number of ether oxygens (including phenoxy) is 1. The normalized spacial score (nSPS) is 20.4. The first-order chi connectivity index (χ1) is 11.7. The van der Waals surface area contributed by atoms with Gasteiger partial charge in [0.1, 0.15) is 5.75 Å². The largest absolute Gasteiger partial charge is 0.491 e. The zero-order valence-electron chi connectivity index (χ0n) is 15.2. The molecule has 0 bridgehead atoms. The molecule has 148 valence electrons. The third-order valence-electron chi connectivity index (χ3n) is 4.21. The van der Waals surface area contributed by atoms with E-state index in [4.69, 9.17) is 4.74 Å². The van der Waals surface area contributed by atoms with Crippen molar-refractivity contribution in [3.05, 3.63) is 29.3 Å². The predicted molar refractivity (Wildman–Crippen MR) is 96.5 cm³/mol. The van der Waals surface area contributed by atoms with Gasteiger partial charge in [-0.3, -0.25) is 4.79 Å². The van der Waals surface area contributed by atoms with E-state index < -0.39 is 11.7 Å². The Morgan fingerprint density at radius 1 is 1.38 bits per heavy atom. The van der Waals surface area contributed by atoms with E-state index in [-0.39, 0.29) is 54.2 Å². The van der Waals surface area contributed by atoms with Gasteiger partial charge in [0.15, 0.2) is 0 Å². The van der Waals surface area contributed by atoms with Gasteiger partial charge in [-0.25, -0.2) is 0 Å². The highest BCUT2D eigenvalue weighted by Crippen LogP contribution is 2.34. The Labute approximate surface area is 158 Å². The summed E-state index contributed by atoms with van der Waals surface area (Å²) in [5.41, 5.74) is -0.733. The van der Waals surface area contributed by atoms with E-state index in [2.05, 4.69) is 10.6 Å². The van der Waals surface area contributed by atoms with Gasteiger partial charge in [0.25, 0.3) is 0 Å². The molecule has 0 aromatic heterocycles. The quantitative estimate of drug-likeness (QED) is 0.795. The summed E-state index contributed by atoms with van der Waals surface area (Å²) in [4.78, 5) is 12.2. The molecule has 1 aliphatic rings. The van der Waals surface area contributed by atoms with Crippen molar-refractivity contribution in [1.82, 2.24) is 10.6 Å². The lowest BCUT2D eigenvalue weighted by Gasteiger charge is -2.27. The summed E-state index contributed by atoms with van der Waals surface area (Å²) in [6, 6.07) is 4.10. The maximum Gasteiger partial charge on any atom is 0.416 e. The van der Waals surface area contributed by atoms with E-state index in [1.165, 1.54) is 12.1 Å². The van der Waals surface area contributed by atoms with Crippen LogP contribution in [0.3, 0.4) is 0 Å². The van der Waals surface area contributed by atoms with Crippen molar-refractivity contribution in [3.8, 4) is 5.75 Å². The van der Waals surface area contributed by atoms with Crippen LogP contribution >= 0.6 is 12.4 Å². The van der Waals surface area contributed by atoms with Crippen molar-refractivity contribution in [3.63, 3.8) is 0 Å². The van der Waals surface area contributed by atoms with E-state index in [9.17, 15) is 18.0 Å². The van der Waals surface area contributed by atoms with Gasteiger partial charge in [-0.1, -0.05) is 6.07 Å². The summed E-state index contributed by atoms with van der Waals surface area (Å²) < 4.78 is 45.3. The molecule has 1 fully saturated rings. The van der Waals surface area contributed by atoms with Crippen LogP contribution in [0.4, 0.5) is 13.2 Å². The molecule has 0 aliphatic carbocycles. The van der Waals surface area contributed by atoms with Crippen LogP contribution in [0.15, 0.2) is 18.2 Å². The van der Waals surface area contributed by atoms with Gasteiger partial charge in [0.2, 0.25) is 5.91 Å². The maximum absolute atomic E-state index is 13.3. The second-order valence-corrected chi connectivity index (χ2v) is 6.78. The van der Waals surface area contributed by atoms with Crippen molar-refractivity contribution < 1.29 is 22.7 Å². The van der Waals surface area contributed by atoms with Crippen LogP contribution < -0.4 is 15.4 Å². The fourth-order valence-corrected chi connectivity index (χ4v) is 3.02. The Morgan fingerprint density at radius 2 is 2.08 bits per heavy atom. The average molecular weight is 395 g/mol. The van der Waals surface area contributed by atoms with Gasteiger partial charge in [-0.05, 0) is 57.9 Å². The highest BCUT2D eigenvalue weighted by atomic mass is 35.5. The van der Waals surface area contributed by atoms with E-state index in [0.717, 1.165) is 12.6 Å². The first kappa shape index (κ1) is 22.6. The standard InChI is InChI=1S/C18H25F3N2O2.ClH/c1-11(2)25-15-5-4-14(16(9-15)18(19,20)21)10-23-17(24)13-6-7-22-12(3)8-13;/h4-5,9,11-13,22H,6-8,10H2,1-3H3,(H,23,24);1H/t12-,13-;/m0./s1. The molecule has 2 atom stereocenters. The van der Waals surface area contributed by atoms with Gasteiger partial charge in [-0.2, -0.15) is 13.2 Å². The Hall–Kier alpha value is -1.47. The lowest BCUT2D eigenvalue weighted by Crippen LogP contribution is -2.42. The van der Waals surface area contributed by atoms with Crippen LogP contribution in [0.1, 0.15) is 44.7 Å². The Balaban J connectivity index is 0.00000338. The van der Waals surface area contributed by atoms with Crippen LogP contribution in [0.5, 0.6) is 5.75 Å². The summed E-state index contributed by atoms with van der Waals surface area (Å²) in [5.74, 6) is -0.178. The summed E-state index contributed by atoms with van der Waals surface area (Å²) in [6.45, 7) is 6.10. The Kier molecular flexibility index (Phi) is 8.21. The van der Waals surface area contributed by atoms with Crippen molar-refractivity contribution in [2.45, 2.75) is 58.5 Å². The number of carbonyl (C=O) groups excluding carboxylic acids is 1. The monoisotopic (exact) mass is 394 g/mol. The number of carbonyl (C=O) groups is 1. The number of halogens is 4. The second kappa shape index (κ2) is 9.46. The Bertz CT molecular complexity index is 609. The minimum Gasteiger partial charge on any atom is -0.491 e. The lowest BCUT2D eigenvalue weighted by molar-refractivity contribution is -0.138. The molecule has 26 heavy (non-hydrogen) atoms. The van der Waals surface area contributed by atoms with Gasteiger partial charge in [0, 0.05) is 18.5 Å². The van der Waals surface area contributed by atoms with Crippen LogP contribution in [-0.2, 0) is 17.5 Å². The topological polar surface area (TPSA) is 50.4 Å². The number of piperidine rings is 1. The van der Waals surface area contributed by atoms with Crippen molar-refractivity contribution >= 4 is 18.3 Å². The fourth-order valence-electron chi connectivity index (χ4n) is 3.02. The number of alkyl halides is 3. The smallest absolute Gasteiger partial charge is 0.416 e. The highest BCUT2D eigenvalue weighted by Gasteiger charge is 2.34. The van der Waals surface area contributed by atoms with E-state index in [1.807, 2.05) is 6.92 Å². The Morgan fingerprint density at radius 3 is 2.65 bits per heavy atom. The zero-order valence-corrected chi connectivity index (χ0v) is 16.0. The molecule has 4 nitrogen and oxygen atoms in total. The van der Waals surface area contributed by atoms with Crippen LogP contribution in [0.2, 0.25) is 0 Å². The van der Waals surface area contributed by atoms with E-state index >= 15 is 0 Å². The lowest BCUT2D eigenvalue weighted by atomic mass is 9.92. The molecule has 8 heteroatoms. The number of rotatable bonds is 5. The zero-order chi connectivity index (χ0) is 18.6. The first-order valence-corrected chi connectivity index (χ1v) is 8.54. The molecule has 1 amide bonds. The van der Waals surface area contributed by atoms with E-state index in [1.54, 1.807) is 13.8 Å². The summed E-state index contributed by atoms with van der Waals surface area (Å²) >= 11 is 0. The third-order valence-corrected chi connectivity index (χ3v) is 4.21. The van der Waals surface area contributed by atoms with Gasteiger partial charge in [-0.15, -0.1) is 12.4 Å². The first-order valence-electron chi connectivity index (χ1n) is 8.54. The SMILES string of the molecule is CC(C)Oc1ccc(CNC(=O)[C@H]2CCN[C@@H](C)C2)c(C(F)(F)F)c1.Cl. The number of hydrogen-bond acceptors (Lipinski definition) is 3. The van der Waals surface area contributed by atoms with Crippen molar-refractivity contribution in [1.29, 1.82) is 0 Å². The van der Waals surface area contributed by atoms with Gasteiger partial charge >= 0.3 is 6.18 Å². The molecule has 0 saturated carbocycles. The van der Waals surface area contributed by atoms with Crippen LogP contribution in [0.25, 0.3) is 0 Å². The number of nitrogens with one attached hydrogen (secondary N) is 2. The second-order valence-electron chi connectivity index (χ2n) is 6.78. The highest BCUT2D eigenvalue weighted by molar-refractivity contribution is 5.85. The average Bonchev–Trinajstić information content (AvgIpc) is 2.51. The number of amides is 1. The molecule has 1 aromatic carbocycles. The third kappa shape index (κ3) is 6.36. The van der Waals surface area contributed by atoms with E-state index in [0.29, 0.717) is 12.8 Å². The molecule has 1 aliphatic heterocycles. The van der Waals surface area contributed by atoms with Crippen molar-refractivity contribution in [2.75, 3.05) is 6.54 Å². The molecule has 0 radical (unpaired) electrons. The molecular formula is C18H26ClF3N2O2. The summed E-state index contributed by atoms with van der Waals surface area (Å²) in [7, 11) is 0. The molecule has 0 unspecified atom stereocenters. The van der Waals surface area contributed by atoms with Crippen molar-refractivity contribution in [2.24, 2.45) is 5.92 Å². The molecular weight excluding hydrogens is 369 g/mol. The molecule has 1 saturated heterocycles. The summed E-state index contributed by atoms with van der Waals surface area (Å²) in [6.07, 6.45) is -3.32. The van der Waals surface area contributed by atoms with Crippen LogP contribution in [-0.4, -0.2) is 24.6 Å². The van der Waals surface area contributed by atoms with Gasteiger partial charge < -0.3 is 15.4 Å². The molecule has 2 N–H and O–H groups in total. The molecule has 2 rings (SSSR count). The van der Waals surface area contributed by atoms with Gasteiger partial charge in [0.05, 0.1) is 11.7 Å². The summed E-state index contributed by atoms with van der Waals surface area (Å²) in [5, 5.41) is 5.90. The minimum atomic E-state index is -4.50. The maximum atomic E-state index is 13.3. The van der Waals surface area contributed by atoms with Crippen LogP contribution in [0, 0.1) is 5.92 Å². The minimum absolute atomic E-state index is 0. The number of hydrogen-bond donors (Lipinski definition) is 2. The molecule has 0 spiro atoms. The molecule has 1 aromatic rings. The fraction of sp³-hybridized carbons (Fsp3) is 0.611.